The van der Waals surface area contributed by atoms with Gasteiger partial charge < -0.3 is 4.90 Å². The number of hydrogen-bond acceptors (Lipinski definition) is 3. The second-order valence-electron chi connectivity index (χ2n) is 4.79. The summed E-state index contributed by atoms with van der Waals surface area (Å²) < 4.78 is 0. The van der Waals surface area contributed by atoms with E-state index in [0.717, 1.165) is 23.4 Å². The first-order valence-corrected chi connectivity index (χ1v) is 6.67. The Morgan fingerprint density at radius 1 is 0.900 bits per heavy atom. The van der Waals surface area contributed by atoms with Gasteiger partial charge in [0.05, 0.1) is 17.2 Å². The third-order valence-electron chi connectivity index (χ3n) is 3.53. The maximum Gasteiger partial charge on any atom is 0.152 e. The first-order chi connectivity index (χ1) is 9.92. The van der Waals surface area contributed by atoms with Gasteiger partial charge in [-0.2, -0.15) is 0 Å². The maximum absolute atomic E-state index is 4.73. The topological polar surface area (TPSA) is 29.0 Å². The summed E-state index contributed by atoms with van der Waals surface area (Å²) in [4.78, 5) is 11.4. The summed E-state index contributed by atoms with van der Waals surface area (Å²) in [5.41, 5.74) is 4.25. The van der Waals surface area contributed by atoms with E-state index >= 15 is 0 Å². The van der Waals surface area contributed by atoms with Crippen LogP contribution in [-0.4, -0.2) is 16.5 Å². The van der Waals surface area contributed by atoms with Gasteiger partial charge in [0.2, 0.25) is 0 Å². The number of aromatic nitrogens is 2. The average Bonchev–Trinajstić information content (AvgIpc) is 2.54. The highest BCUT2D eigenvalue weighted by Gasteiger charge is 2.15. The molecule has 2 heterocycles. The summed E-state index contributed by atoms with van der Waals surface area (Å²) in [5.74, 6) is 0.889. The largest absolute Gasteiger partial charge is 0.321 e. The zero-order valence-electron chi connectivity index (χ0n) is 10.9. The molecule has 3 aromatic rings. The van der Waals surface area contributed by atoms with Crippen molar-refractivity contribution in [3.8, 4) is 0 Å². The summed E-state index contributed by atoms with van der Waals surface area (Å²) in [7, 11) is 0. The number of fused-ring (bicyclic) bond motifs is 2. The van der Waals surface area contributed by atoms with Crippen LogP contribution in [0.1, 0.15) is 5.56 Å². The van der Waals surface area contributed by atoms with E-state index in [1.165, 1.54) is 11.3 Å². The molecule has 96 valence electrons. The Kier molecular flexibility index (Phi) is 2.49. The number of benzene rings is 2. The summed E-state index contributed by atoms with van der Waals surface area (Å²) >= 11 is 0. The molecule has 4 rings (SSSR count). The van der Waals surface area contributed by atoms with Crippen LogP contribution < -0.4 is 4.90 Å². The van der Waals surface area contributed by atoms with E-state index in [0.29, 0.717) is 0 Å². The number of rotatable bonds is 1. The minimum absolute atomic E-state index is 0.823. The Morgan fingerprint density at radius 2 is 1.70 bits per heavy atom. The van der Waals surface area contributed by atoms with Crippen LogP contribution in [0.3, 0.4) is 0 Å². The third-order valence-corrected chi connectivity index (χ3v) is 3.53. The maximum atomic E-state index is 4.73. The van der Waals surface area contributed by atoms with Gasteiger partial charge in [-0.05, 0) is 23.8 Å². The second-order valence-corrected chi connectivity index (χ2v) is 4.79. The molecule has 0 saturated heterocycles. The van der Waals surface area contributed by atoms with E-state index in [2.05, 4.69) is 46.3 Å². The highest BCUT2D eigenvalue weighted by atomic mass is 15.2. The molecule has 0 atom stereocenters. The van der Waals surface area contributed by atoms with E-state index < -0.39 is 0 Å². The number of para-hydroxylation sites is 3. The van der Waals surface area contributed by atoms with Crippen LogP contribution in [0.4, 0.5) is 11.5 Å². The fourth-order valence-electron chi connectivity index (χ4n) is 2.55. The molecule has 0 bridgehead atoms. The fourth-order valence-corrected chi connectivity index (χ4v) is 2.55. The number of hydrogen-bond donors (Lipinski definition) is 0. The van der Waals surface area contributed by atoms with Crippen LogP contribution in [0.15, 0.2) is 60.8 Å². The molecular formula is C17H13N3. The predicted molar refractivity (Wildman–Crippen MR) is 82.0 cm³/mol. The molecule has 0 aliphatic carbocycles. The van der Waals surface area contributed by atoms with E-state index in [9.17, 15) is 0 Å². The smallest absolute Gasteiger partial charge is 0.152 e. The van der Waals surface area contributed by atoms with Crippen molar-refractivity contribution in [3.05, 3.63) is 66.4 Å². The second kappa shape index (κ2) is 4.46. The van der Waals surface area contributed by atoms with Gasteiger partial charge in [0, 0.05) is 12.2 Å². The molecule has 0 spiro atoms. The van der Waals surface area contributed by atoms with Gasteiger partial charge >= 0.3 is 0 Å². The lowest BCUT2D eigenvalue weighted by atomic mass is 10.1. The predicted octanol–water partition coefficient (Wildman–Crippen LogP) is 3.79. The highest BCUT2D eigenvalue weighted by Crippen LogP contribution is 2.31. The Labute approximate surface area is 117 Å². The third kappa shape index (κ3) is 1.75. The van der Waals surface area contributed by atoms with Crippen LogP contribution in [-0.2, 0) is 0 Å². The summed E-state index contributed by atoms with van der Waals surface area (Å²) in [6.07, 6.45) is 6.15. The Bertz CT molecular complexity index is 808. The van der Waals surface area contributed by atoms with Crippen molar-refractivity contribution >= 4 is 28.6 Å². The lowest BCUT2D eigenvalue weighted by Gasteiger charge is -2.26. The summed E-state index contributed by atoms with van der Waals surface area (Å²) in [6.45, 7) is 0.823. The van der Waals surface area contributed by atoms with Crippen molar-refractivity contribution in [2.24, 2.45) is 0 Å². The van der Waals surface area contributed by atoms with Gasteiger partial charge in [-0.3, -0.25) is 4.98 Å². The minimum Gasteiger partial charge on any atom is -0.321 e. The van der Waals surface area contributed by atoms with Crippen molar-refractivity contribution in [2.45, 2.75) is 0 Å². The summed E-state index contributed by atoms with van der Waals surface area (Å²) in [6, 6.07) is 16.3. The molecule has 0 radical (unpaired) electrons. The standard InChI is InChI=1S/C17H13N3/c1-4-10-16-13(6-1)7-5-11-20(16)17-12-18-14-8-2-3-9-15(14)19-17/h1-10,12H,11H2. The Balaban J connectivity index is 1.85. The fraction of sp³-hybridized carbons (Fsp3) is 0.0588. The van der Waals surface area contributed by atoms with Gasteiger partial charge in [0.15, 0.2) is 5.82 Å². The molecule has 3 heteroatoms. The van der Waals surface area contributed by atoms with E-state index in [4.69, 9.17) is 4.98 Å². The van der Waals surface area contributed by atoms with E-state index in [1.807, 2.05) is 30.5 Å². The van der Waals surface area contributed by atoms with Crippen LogP contribution in [0.25, 0.3) is 17.1 Å². The first-order valence-electron chi connectivity index (χ1n) is 6.67. The molecule has 0 N–H and O–H groups in total. The van der Waals surface area contributed by atoms with Crippen LogP contribution in [0, 0.1) is 0 Å². The average molecular weight is 259 g/mol. The van der Waals surface area contributed by atoms with Gasteiger partial charge in [0.25, 0.3) is 0 Å². The van der Waals surface area contributed by atoms with Gasteiger partial charge in [-0.1, -0.05) is 42.5 Å². The quantitative estimate of drug-likeness (QED) is 0.665. The zero-order valence-corrected chi connectivity index (χ0v) is 10.9. The van der Waals surface area contributed by atoms with Gasteiger partial charge in [-0.25, -0.2) is 4.98 Å². The Hall–Kier alpha value is -2.68. The Morgan fingerprint density at radius 3 is 2.65 bits per heavy atom. The molecule has 1 aliphatic heterocycles. The molecular weight excluding hydrogens is 246 g/mol. The van der Waals surface area contributed by atoms with Crippen LogP contribution in [0.2, 0.25) is 0 Å². The molecule has 0 saturated carbocycles. The molecule has 2 aromatic carbocycles. The molecule has 1 aromatic heterocycles. The zero-order chi connectivity index (χ0) is 13.4. The van der Waals surface area contributed by atoms with Crippen molar-refractivity contribution < 1.29 is 0 Å². The van der Waals surface area contributed by atoms with Crippen LogP contribution in [0.5, 0.6) is 0 Å². The SMILES string of the molecule is C1=Cc2ccccc2N(c2cnc3ccccc3n2)C1. The summed E-state index contributed by atoms with van der Waals surface area (Å²) in [5, 5.41) is 0. The molecule has 3 nitrogen and oxygen atoms in total. The monoisotopic (exact) mass is 259 g/mol. The van der Waals surface area contributed by atoms with E-state index in [1.54, 1.807) is 0 Å². The molecule has 0 fully saturated rings. The van der Waals surface area contributed by atoms with Crippen molar-refractivity contribution in [2.75, 3.05) is 11.4 Å². The van der Waals surface area contributed by atoms with Crippen molar-refractivity contribution in [1.82, 2.24) is 9.97 Å². The first kappa shape index (κ1) is 11.2. The lowest BCUT2D eigenvalue weighted by Crippen LogP contribution is -2.21. The normalized spacial score (nSPS) is 13.5. The highest BCUT2D eigenvalue weighted by molar-refractivity contribution is 5.80. The molecule has 20 heavy (non-hydrogen) atoms. The van der Waals surface area contributed by atoms with E-state index in [-0.39, 0.29) is 0 Å². The minimum atomic E-state index is 0.823. The van der Waals surface area contributed by atoms with Crippen molar-refractivity contribution in [3.63, 3.8) is 0 Å². The number of anilines is 2. The number of nitrogens with zero attached hydrogens (tertiary/aromatic N) is 3. The van der Waals surface area contributed by atoms with Gasteiger partial charge in [-0.15, -0.1) is 0 Å². The molecule has 0 amide bonds. The molecule has 0 unspecified atom stereocenters. The van der Waals surface area contributed by atoms with Crippen LogP contribution >= 0.6 is 0 Å². The molecule has 1 aliphatic rings. The lowest BCUT2D eigenvalue weighted by molar-refractivity contribution is 1.03. The van der Waals surface area contributed by atoms with Gasteiger partial charge in [0.1, 0.15) is 0 Å². The van der Waals surface area contributed by atoms with Crippen molar-refractivity contribution in [1.29, 1.82) is 0 Å².